The number of oxazole rings is 1. The highest BCUT2D eigenvalue weighted by Crippen LogP contribution is 2.27. The molecule has 0 aliphatic heterocycles. The number of benzene rings is 2. The summed E-state index contributed by atoms with van der Waals surface area (Å²) in [6.45, 7) is 1.75. The van der Waals surface area contributed by atoms with Crippen LogP contribution < -0.4 is 10.1 Å². The van der Waals surface area contributed by atoms with Gasteiger partial charge in [0.2, 0.25) is 5.89 Å². The molecule has 0 spiro atoms. The van der Waals surface area contributed by atoms with Gasteiger partial charge in [0.05, 0.1) is 5.02 Å². The molecule has 0 aliphatic carbocycles. The van der Waals surface area contributed by atoms with E-state index >= 15 is 0 Å². The molecule has 0 unspecified atom stereocenters. The van der Waals surface area contributed by atoms with Crippen LogP contribution in [-0.4, -0.2) is 22.5 Å². The number of rotatable bonds is 5. The lowest BCUT2D eigenvalue weighted by atomic mass is 10.1. The minimum Gasteiger partial charge on any atom is -0.482 e. The first-order valence-electron chi connectivity index (χ1n) is 8.60. The number of nitrogens with one attached hydrogen (secondary N) is 1. The Kier molecular flexibility index (Phi) is 4.95. The molecule has 0 bridgehead atoms. The van der Waals surface area contributed by atoms with Crippen molar-refractivity contribution in [1.29, 1.82) is 0 Å². The molecule has 0 saturated carbocycles. The van der Waals surface area contributed by atoms with Gasteiger partial charge in [0, 0.05) is 17.4 Å². The molecule has 1 amide bonds. The van der Waals surface area contributed by atoms with E-state index in [0.717, 1.165) is 11.1 Å². The summed E-state index contributed by atoms with van der Waals surface area (Å²) in [6.07, 6.45) is 1.66. The summed E-state index contributed by atoms with van der Waals surface area (Å²) in [7, 11) is 0. The number of hydrogen-bond acceptors (Lipinski definition) is 5. The molecule has 2 aromatic heterocycles. The fourth-order valence-corrected chi connectivity index (χ4v) is 2.86. The van der Waals surface area contributed by atoms with E-state index in [1.165, 1.54) is 0 Å². The van der Waals surface area contributed by atoms with Gasteiger partial charge in [0.25, 0.3) is 5.91 Å². The zero-order valence-corrected chi connectivity index (χ0v) is 15.7. The summed E-state index contributed by atoms with van der Waals surface area (Å²) >= 11 is 6.04. The van der Waals surface area contributed by atoms with Crippen molar-refractivity contribution in [3.05, 3.63) is 71.4 Å². The van der Waals surface area contributed by atoms with E-state index in [1.54, 1.807) is 36.5 Å². The molecule has 2 heterocycles. The SMILES string of the molecule is Cc1ccc(-c2nc3ncccc3o2)cc1NC(=O)COc1ccccc1Cl. The first-order valence-corrected chi connectivity index (χ1v) is 8.98. The molecular formula is C21H16ClN3O3. The maximum Gasteiger partial charge on any atom is 0.262 e. The van der Waals surface area contributed by atoms with Crippen LogP contribution in [0.15, 0.2) is 65.2 Å². The number of amides is 1. The Morgan fingerprint density at radius 1 is 1.18 bits per heavy atom. The highest BCUT2D eigenvalue weighted by atomic mass is 35.5. The van der Waals surface area contributed by atoms with Crippen molar-refractivity contribution in [2.24, 2.45) is 0 Å². The third-order valence-electron chi connectivity index (χ3n) is 4.12. The predicted octanol–water partition coefficient (Wildman–Crippen LogP) is 4.87. The fraction of sp³-hybridized carbons (Fsp3) is 0.0952. The quantitative estimate of drug-likeness (QED) is 0.523. The van der Waals surface area contributed by atoms with Crippen LogP contribution in [0.1, 0.15) is 5.56 Å². The summed E-state index contributed by atoms with van der Waals surface area (Å²) in [5.41, 5.74) is 3.45. The highest BCUT2D eigenvalue weighted by Gasteiger charge is 2.12. The van der Waals surface area contributed by atoms with E-state index < -0.39 is 0 Å². The molecule has 0 fully saturated rings. The Hall–Kier alpha value is -3.38. The van der Waals surface area contributed by atoms with E-state index in [9.17, 15) is 4.79 Å². The van der Waals surface area contributed by atoms with Crippen LogP contribution in [0, 0.1) is 6.92 Å². The van der Waals surface area contributed by atoms with E-state index in [4.69, 9.17) is 20.8 Å². The number of ether oxygens (including phenoxy) is 1. The third kappa shape index (κ3) is 3.82. The number of anilines is 1. The standard InChI is InChI=1S/C21H16ClN3O3/c1-13-8-9-14(21-25-20-18(28-21)7-4-10-23-20)11-16(13)24-19(26)12-27-17-6-3-2-5-15(17)22/h2-11H,12H2,1H3,(H,24,26). The van der Waals surface area contributed by atoms with Gasteiger partial charge in [-0.25, -0.2) is 4.98 Å². The number of carbonyl (C=O) groups is 1. The number of fused-ring (bicyclic) bond motifs is 1. The van der Waals surface area contributed by atoms with Gasteiger partial charge >= 0.3 is 0 Å². The monoisotopic (exact) mass is 393 g/mol. The highest BCUT2D eigenvalue weighted by molar-refractivity contribution is 6.32. The molecule has 0 saturated heterocycles. The van der Waals surface area contributed by atoms with Crippen LogP contribution in [0.25, 0.3) is 22.7 Å². The number of hydrogen-bond donors (Lipinski definition) is 1. The normalized spacial score (nSPS) is 10.8. The van der Waals surface area contributed by atoms with Crippen molar-refractivity contribution in [1.82, 2.24) is 9.97 Å². The maximum atomic E-state index is 12.3. The van der Waals surface area contributed by atoms with Crippen LogP contribution in [0.5, 0.6) is 5.75 Å². The minimum atomic E-state index is -0.292. The predicted molar refractivity (Wildman–Crippen MR) is 108 cm³/mol. The van der Waals surface area contributed by atoms with Crippen LogP contribution >= 0.6 is 11.6 Å². The van der Waals surface area contributed by atoms with Crippen molar-refractivity contribution in [2.45, 2.75) is 6.92 Å². The first-order chi connectivity index (χ1) is 13.6. The average molecular weight is 394 g/mol. The molecule has 0 aliphatic rings. The van der Waals surface area contributed by atoms with Gasteiger partial charge < -0.3 is 14.5 Å². The molecule has 0 atom stereocenters. The third-order valence-corrected chi connectivity index (χ3v) is 4.43. The molecule has 2 aromatic carbocycles. The molecule has 1 N–H and O–H groups in total. The fourth-order valence-electron chi connectivity index (χ4n) is 2.67. The number of nitrogens with zero attached hydrogens (tertiary/aromatic N) is 2. The van der Waals surface area contributed by atoms with Crippen LogP contribution in [0.2, 0.25) is 5.02 Å². The van der Waals surface area contributed by atoms with E-state index in [0.29, 0.717) is 33.6 Å². The Balaban J connectivity index is 1.50. The molecule has 140 valence electrons. The lowest BCUT2D eigenvalue weighted by Gasteiger charge is -2.11. The topological polar surface area (TPSA) is 77.3 Å². The second-order valence-corrected chi connectivity index (χ2v) is 6.55. The zero-order valence-electron chi connectivity index (χ0n) is 15.0. The second-order valence-electron chi connectivity index (χ2n) is 6.14. The number of halogens is 1. The lowest BCUT2D eigenvalue weighted by Crippen LogP contribution is -2.20. The van der Waals surface area contributed by atoms with Gasteiger partial charge in [-0.1, -0.05) is 29.8 Å². The van der Waals surface area contributed by atoms with E-state index in [1.807, 2.05) is 31.2 Å². The lowest BCUT2D eigenvalue weighted by molar-refractivity contribution is -0.118. The molecule has 6 nitrogen and oxygen atoms in total. The minimum absolute atomic E-state index is 0.153. The van der Waals surface area contributed by atoms with Crippen LogP contribution in [-0.2, 0) is 4.79 Å². The molecule has 4 aromatic rings. The number of aryl methyl sites for hydroxylation is 1. The summed E-state index contributed by atoms with van der Waals surface area (Å²) in [5, 5.41) is 3.31. The van der Waals surface area contributed by atoms with Crippen molar-refractivity contribution in [2.75, 3.05) is 11.9 Å². The molecular weight excluding hydrogens is 378 g/mol. The summed E-state index contributed by atoms with van der Waals surface area (Å²) in [6, 6.07) is 16.2. The molecule has 7 heteroatoms. The van der Waals surface area contributed by atoms with Gasteiger partial charge in [0.1, 0.15) is 5.75 Å². The van der Waals surface area contributed by atoms with Gasteiger partial charge in [-0.3, -0.25) is 4.79 Å². The maximum absolute atomic E-state index is 12.3. The second kappa shape index (κ2) is 7.70. The molecule has 28 heavy (non-hydrogen) atoms. The van der Waals surface area contributed by atoms with Crippen LogP contribution in [0.4, 0.5) is 5.69 Å². The number of aromatic nitrogens is 2. The average Bonchev–Trinajstić information content (AvgIpc) is 3.13. The van der Waals surface area contributed by atoms with Crippen molar-refractivity contribution in [3.63, 3.8) is 0 Å². The summed E-state index contributed by atoms with van der Waals surface area (Å²) in [4.78, 5) is 20.9. The Morgan fingerprint density at radius 2 is 2.04 bits per heavy atom. The Morgan fingerprint density at radius 3 is 2.86 bits per heavy atom. The first kappa shape index (κ1) is 18.0. The largest absolute Gasteiger partial charge is 0.482 e. The number of carbonyl (C=O) groups excluding carboxylic acids is 1. The number of para-hydroxylation sites is 1. The molecule has 0 radical (unpaired) electrons. The molecule has 4 rings (SSSR count). The van der Waals surface area contributed by atoms with Crippen LogP contribution in [0.3, 0.4) is 0 Å². The number of pyridine rings is 1. The van der Waals surface area contributed by atoms with Crippen molar-refractivity contribution < 1.29 is 13.9 Å². The van der Waals surface area contributed by atoms with E-state index in [-0.39, 0.29) is 12.5 Å². The van der Waals surface area contributed by atoms with Gasteiger partial charge in [-0.15, -0.1) is 0 Å². The Labute approximate surface area is 166 Å². The summed E-state index contributed by atoms with van der Waals surface area (Å²) in [5.74, 6) is 0.611. The van der Waals surface area contributed by atoms with Gasteiger partial charge in [-0.2, -0.15) is 4.98 Å². The van der Waals surface area contributed by atoms with Crippen molar-refractivity contribution >= 4 is 34.4 Å². The van der Waals surface area contributed by atoms with Crippen molar-refractivity contribution in [3.8, 4) is 17.2 Å². The van der Waals surface area contributed by atoms with E-state index in [2.05, 4.69) is 15.3 Å². The smallest absolute Gasteiger partial charge is 0.262 e. The summed E-state index contributed by atoms with van der Waals surface area (Å²) < 4.78 is 11.2. The van der Waals surface area contributed by atoms with Gasteiger partial charge in [0.15, 0.2) is 17.8 Å². The van der Waals surface area contributed by atoms with Gasteiger partial charge in [-0.05, 0) is 48.9 Å². The Bertz CT molecular complexity index is 1120. The zero-order chi connectivity index (χ0) is 19.5.